The maximum atomic E-state index is 12.0. The number of hydrogen-bond acceptors (Lipinski definition) is 4. The van der Waals surface area contributed by atoms with E-state index in [4.69, 9.17) is 10.3 Å². The van der Waals surface area contributed by atoms with Gasteiger partial charge in [0.15, 0.2) is 0 Å². The second-order valence-corrected chi connectivity index (χ2v) is 4.10. The van der Waals surface area contributed by atoms with Gasteiger partial charge >= 0.3 is 0 Å². The minimum Gasteiger partial charge on any atom is -0.379 e. The van der Waals surface area contributed by atoms with Crippen molar-refractivity contribution in [2.24, 2.45) is 5.11 Å². The Morgan fingerprint density at radius 1 is 1.42 bits per heavy atom. The Bertz CT molecular complexity index is 493. The molecule has 1 aromatic carbocycles. The lowest BCUT2D eigenvalue weighted by Crippen LogP contribution is -2.43. The molecule has 1 heterocycles. The first-order valence-corrected chi connectivity index (χ1v) is 6.03. The lowest BCUT2D eigenvalue weighted by molar-refractivity contribution is 0.0334. The molecular formula is C12H15N5O2. The SMILES string of the molecule is [N-]=[N+]=Nc1ccccc1C(=O)NCN1CCOCC1. The molecular weight excluding hydrogens is 246 g/mol. The van der Waals surface area contributed by atoms with E-state index in [1.54, 1.807) is 24.3 Å². The molecule has 1 aliphatic rings. The Morgan fingerprint density at radius 3 is 2.89 bits per heavy atom. The van der Waals surface area contributed by atoms with Crippen molar-refractivity contribution in [2.75, 3.05) is 33.0 Å². The lowest BCUT2D eigenvalue weighted by atomic mass is 10.2. The molecule has 0 atom stereocenters. The third-order valence-electron chi connectivity index (χ3n) is 2.87. The van der Waals surface area contributed by atoms with Crippen LogP contribution in [0.2, 0.25) is 0 Å². The Balaban J connectivity index is 1.97. The summed E-state index contributed by atoms with van der Waals surface area (Å²) in [6.45, 7) is 3.44. The van der Waals surface area contributed by atoms with Crippen molar-refractivity contribution in [1.82, 2.24) is 10.2 Å². The van der Waals surface area contributed by atoms with Crippen molar-refractivity contribution < 1.29 is 9.53 Å². The van der Waals surface area contributed by atoms with Crippen molar-refractivity contribution in [3.8, 4) is 0 Å². The smallest absolute Gasteiger partial charge is 0.252 e. The zero-order valence-corrected chi connectivity index (χ0v) is 10.5. The van der Waals surface area contributed by atoms with E-state index in [2.05, 4.69) is 20.2 Å². The summed E-state index contributed by atoms with van der Waals surface area (Å²) < 4.78 is 5.23. The van der Waals surface area contributed by atoms with E-state index in [1.165, 1.54) is 0 Å². The molecule has 0 aromatic heterocycles. The Labute approximate surface area is 110 Å². The summed E-state index contributed by atoms with van der Waals surface area (Å²) in [6.07, 6.45) is 0. The molecule has 0 unspecified atom stereocenters. The van der Waals surface area contributed by atoms with E-state index in [9.17, 15) is 4.79 Å². The summed E-state index contributed by atoms with van der Waals surface area (Å²) in [4.78, 5) is 16.8. The van der Waals surface area contributed by atoms with Crippen LogP contribution in [0.1, 0.15) is 10.4 Å². The normalized spacial score (nSPS) is 15.6. The van der Waals surface area contributed by atoms with E-state index >= 15 is 0 Å². The first-order valence-electron chi connectivity index (χ1n) is 6.03. The topological polar surface area (TPSA) is 90.3 Å². The molecule has 1 saturated heterocycles. The van der Waals surface area contributed by atoms with Crippen LogP contribution in [0.4, 0.5) is 5.69 Å². The molecule has 7 nitrogen and oxygen atoms in total. The van der Waals surface area contributed by atoms with Gasteiger partial charge in [0.25, 0.3) is 5.91 Å². The maximum Gasteiger partial charge on any atom is 0.252 e. The molecule has 1 fully saturated rings. The molecule has 0 radical (unpaired) electrons. The third-order valence-corrected chi connectivity index (χ3v) is 2.87. The number of amides is 1. The van der Waals surface area contributed by atoms with Gasteiger partial charge in [0.1, 0.15) is 0 Å². The van der Waals surface area contributed by atoms with Crippen molar-refractivity contribution in [3.63, 3.8) is 0 Å². The highest BCUT2D eigenvalue weighted by molar-refractivity contribution is 5.98. The van der Waals surface area contributed by atoms with Gasteiger partial charge in [0.05, 0.1) is 25.6 Å². The predicted molar refractivity (Wildman–Crippen MR) is 70.0 cm³/mol. The van der Waals surface area contributed by atoms with Crippen molar-refractivity contribution in [2.45, 2.75) is 0 Å². The fourth-order valence-corrected chi connectivity index (χ4v) is 1.84. The molecule has 1 N–H and O–H groups in total. The molecule has 1 amide bonds. The van der Waals surface area contributed by atoms with Crippen LogP contribution in [-0.4, -0.2) is 43.8 Å². The number of hydrogen-bond donors (Lipinski definition) is 1. The summed E-state index contributed by atoms with van der Waals surface area (Å²) in [5, 5.41) is 6.32. The standard InChI is InChI=1S/C12H15N5O2/c13-16-15-11-4-2-1-3-10(11)12(18)14-9-17-5-7-19-8-6-17/h1-4H,5-9H2,(H,14,18). The number of ether oxygens (including phenoxy) is 1. The highest BCUT2D eigenvalue weighted by atomic mass is 16.5. The molecule has 0 bridgehead atoms. The molecule has 0 spiro atoms. The number of nitrogens with one attached hydrogen (secondary N) is 1. The zero-order chi connectivity index (χ0) is 13.5. The van der Waals surface area contributed by atoms with Crippen LogP contribution in [0, 0.1) is 0 Å². The van der Waals surface area contributed by atoms with E-state index < -0.39 is 0 Å². The van der Waals surface area contributed by atoms with Crippen molar-refractivity contribution >= 4 is 11.6 Å². The van der Waals surface area contributed by atoms with Gasteiger partial charge in [-0.15, -0.1) is 0 Å². The third kappa shape index (κ3) is 3.69. The minimum atomic E-state index is -0.241. The average molecular weight is 261 g/mol. The van der Waals surface area contributed by atoms with Gasteiger partial charge in [-0.05, 0) is 11.6 Å². The Hall–Kier alpha value is -2.08. The highest BCUT2D eigenvalue weighted by Crippen LogP contribution is 2.18. The monoisotopic (exact) mass is 261 g/mol. The van der Waals surface area contributed by atoms with Crippen molar-refractivity contribution in [1.29, 1.82) is 0 Å². The van der Waals surface area contributed by atoms with Gasteiger partial charge in [0, 0.05) is 23.6 Å². The number of nitrogens with zero attached hydrogens (tertiary/aromatic N) is 4. The number of morpholine rings is 1. The number of carbonyl (C=O) groups is 1. The fourth-order valence-electron chi connectivity index (χ4n) is 1.84. The lowest BCUT2D eigenvalue weighted by Gasteiger charge is -2.26. The quantitative estimate of drug-likeness (QED) is 0.507. The van der Waals surface area contributed by atoms with E-state index in [0.29, 0.717) is 31.1 Å². The molecule has 0 aliphatic carbocycles. The molecule has 0 saturated carbocycles. The minimum absolute atomic E-state index is 0.241. The second kappa shape index (κ2) is 6.75. The average Bonchev–Trinajstić information content (AvgIpc) is 2.47. The van der Waals surface area contributed by atoms with Gasteiger partial charge in [-0.3, -0.25) is 9.69 Å². The second-order valence-electron chi connectivity index (χ2n) is 4.10. The maximum absolute atomic E-state index is 12.0. The molecule has 7 heteroatoms. The molecule has 1 aliphatic heterocycles. The molecule has 19 heavy (non-hydrogen) atoms. The zero-order valence-electron chi connectivity index (χ0n) is 10.5. The molecule has 100 valence electrons. The Morgan fingerprint density at radius 2 is 2.16 bits per heavy atom. The first-order chi connectivity index (χ1) is 9.31. The van der Waals surface area contributed by atoms with E-state index in [1.807, 2.05) is 0 Å². The van der Waals surface area contributed by atoms with Gasteiger partial charge in [0.2, 0.25) is 0 Å². The van der Waals surface area contributed by atoms with Gasteiger partial charge in [-0.2, -0.15) is 0 Å². The van der Waals surface area contributed by atoms with E-state index in [-0.39, 0.29) is 5.91 Å². The van der Waals surface area contributed by atoms with Gasteiger partial charge in [-0.1, -0.05) is 23.3 Å². The fraction of sp³-hybridized carbons (Fsp3) is 0.417. The summed E-state index contributed by atoms with van der Waals surface area (Å²) >= 11 is 0. The molecule has 1 aromatic rings. The summed E-state index contributed by atoms with van der Waals surface area (Å²) in [6, 6.07) is 6.71. The number of carbonyl (C=O) groups excluding carboxylic acids is 1. The van der Waals surface area contributed by atoms with Crippen LogP contribution >= 0.6 is 0 Å². The van der Waals surface area contributed by atoms with Crippen LogP contribution in [0.5, 0.6) is 0 Å². The summed E-state index contributed by atoms with van der Waals surface area (Å²) in [5.41, 5.74) is 9.18. The number of benzene rings is 1. The van der Waals surface area contributed by atoms with Crippen LogP contribution < -0.4 is 5.32 Å². The Kier molecular flexibility index (Phi) is 4.74. The molecule has 2 rings (SSSR count). The van der Waals surface area contributed by atoms with Crippen LogP contribution in [0.3, 0.4) is 0 Å². The first kappa shape index (κ1) is 13.4. The predicted octanol–water partition coefficient (Wildman–Crippen LogP) is 1.65. The van der Waals surface area contributed by atoms with Crippen molar-refractivity contribution in [3.05, 3.63) is 40.3 Å². The van der Waals surface area contributed by atoms with Crippen LogP contribution in [0.15, 0.2) is 29.4 Å². The summed E-state index contributed by atoms with van der Waals surface area (Å²) in [7, 11) is 0. The number of rotatable bonds is 4. The van der Waals surface area contributed by atoms with Crippen LogP contribution in [-0.2, 0) is 4.74 Å². The number of azide groups is 1. The van der Waals surface area contributed by atoms with Crippen LogP contribution in [0.25, 0.3) is 10.4 Å². The highest BCUT2D eigenvalue weighted by Gasteiger charge is 2.13. The van der Waals surface area contributed by atoms with Gasteiger partial charge < -0.3 is 10.1 Å². The van der Waals surface area contributed by atoms with Gasteiger partial charge in [-0.25, -0.2) is 0 Å². The summed E-state index contributed by atoms with van der Waals surface area (Å²) in [5.74, 6) is -0.241. The van der Waals surface area contributed by atoms with E-state index in [0.717, 1.165) is 13.1 Å². The largest absolute Gasteiger partial charge is 0.379 e.